The summed E-state index contributed by atoms with van der Waals surface area (Å²) in [6.45, 7) is 9.02. The first kappa shape index (κ1) is 17.0. The minimum Gasteiger partial charge on any atom is -0.359 e. The molecule has 6 nitrogen and oxygen atoms in total. The van der Waals surface area contributed by atoms with Gasteiger partial charge < -0.3 is 10.6 Å². The summed E-state index contributed by atoms with van der Waals surface area (Å²) >= 11 is 0. The summed E-state index contributed by atoms with van der Waals surface area (Å²) in [6, 6.07) is 0.122. The molecule has 0 bridgehead atoms. The molecular weight excluding hydrogens is 244 g/mol. The zero-order chi connectivity index (χ0) is 15.0. The van der Waals surface area contributed by atoms with E-state index in [-0.39, 0.29) is 17.9 Å². The Bertz CT molecular complexity index is 444. The molecule has 0 aliphatic carbocycles. The van der Waals surface area contributed by atoms with Gasteiger partial charge in [-0.25, -0.2) is 9.97 Å². The minimum atomic E-state index is -0.136. The molecule has 0 unspecified atom stereocenters. The zero-order valence-corrected chi connectivity index (χ0v) is 12.4. The molecule has 0 spiro atoms. The molecule has 2 N–H and O–H groups in total. The number of rotatable bonds is 2. The van der Waals surface area contributed by atoms with Crippen LogP contribution in [0.2, 0.25) is 0 Å². The van der Waals surface area contributed by atoms with Crippen LogP contribution in [0.15, 0.2) is 6.33 Å². The van der Waals surface area contributed by atoms with E-state index in [2.05, 4.69) is 20.6 Å². The average Bonchev–Trinajstić information content (AvgIpc) is 2.32. The van der Waals surface area contributed by atoms with Gasteiger partial charge >= 0.3 is 0 Å². The van der Waals surface area contributed by atoms with Gasteiger partial charge in [-0.15, -0.1) is 0 Å². The summed E-state index contributed by atoms with van der Waals surface area (Å²) < 4.78 is 0. The Morgan fingerprint density at radius 3 is 2.16 bits per heavy atom. The fourth-order valence-corrected chi connectivity index (χ4v) is 1.10. The first-order valence-corrected chi connectivity index (χ1v) is 6.07. The molecule has 6 heteroatoms. The van der Waals surface area contributed by atoms with Crippen molar-refractivity contribution < 1.29 is 9.59 Å². The second kappa shape index (κ2) is 8.18. The summed E-state index contributed by atoms with van der Waals surface area (Å²) in [7, 11) is 1.60. The minimum absolute atomic E-state index is 0.00463. The predicted molar refractivity (Wildman–Crippen MR) is 73.8 cm³/mol. The van der Waals surface area contributed by atoms with Crippen molar-refractivity contribution in [3.8, 4) is 0 Å². The van der Waals surface area contributed by atoms with Gasteiger partial charge in [0.15, 0.2) is 0 Å². The standard InChI is InChI=1S/C10H15N3O.C3H7NO/c1-6(2)13-10(14)9-7(3)8(4)11-5-12-9;1-3(5)4-2/h5-6H,1-4H3,(H,13,14);1-2H3,(H,4,5). The summed E-state index contributed by atoms with van der Waals surface area (Å²) in [4.78, 5) is 29.3. The number of carbonyl (C=O) groups excluding carboxylic acids is 2. The van der Waals surface area contributed by atoms with Gasteiger partial charge in [0.05, 0.1) is 0 Å². The number of carbonyl (C=O) groups is 2. The number of aryl methyl sites for hydroxylation is 1. The van der Waals surface area contributed by atoms with Crippen molar-refractivity contribution in [3.05, 3.63) is 23.3 Å². The van der Waals surface area contributed by atoms with Crippen LogP contribution in [-0.2, 0) is 4.79 Å². The Balaban J connectivity index is 0.000000555. The highest BCUT2D eigenvalue weighted by atomic mass is 16.2. The van der Waals surface area contributed by atoms with Crippen LogP contribution in [0.25, 0.3) is 0 Å². The Morgan fingerprint density at radius 2 is 1.74 bits per heavy atom. The molecule has 1 aromatic rings. The molecule has 106 valence electrons. The lowest BCUT2D eigenvalue weighted by molar-refractivity contribution is -0.118. The van der Waals surface area contributed by atoms with Gasteiger partial charge in [0.1, 0.15) is 12.0 Å². The van der Waals surface area contributed by atoms with Crippen molar-refractivity contribution in [2.45, 2.75) is 40.7 Å². The predicted octanol–water partition coefficient (Wildman–Crippen LogP) is 0.984. The van der Waals surface area contributed by atoms with E-state index in [0.29, 0.717) is 5.69 Å². The van der Waals surface area contributed by atoms with Crippen molar-refractivity contribution in [3.63, 3.8) is 0 Å². The number of aromatic nitrogens is 2. The van der Waals surface area contributed by atoms with Crippen LogP contribution < -0.4 is 10.6 Å². The summed E-state index contributed by atoms with van der Waals surface area (Å²) in [6.07, 6.45) is 1.41. The van der Waals surface area contributed by atoms with Crippen LogP contribution in [0.3, 0.4) is 0 Å². The Hall–Kier alpha value is -1.98. The Labute approximate surface area is 114 Å². The van der Waals surface area contributed by atoms with E-state index < -0.39 is 0 Å². The lowest BCUT2D eigenvalue weighted by Crippen LogP contribution is -2.31. The van der Waals surface area contributed by atoms with Gasteiger partial charge in [0.25, 0.3) is 5.91 Å². The smallest absolute Gasteiger partial charge is 0.270 e. The van der Waals surface area contributed by atoms with E-state index in [4.69, 9.17) is 0 Å². The molecule has 1 heterocycles. The maximum atomic E-state index is 11.6. The largest absolute Gasteiger partial charge is 0.359 e. The molecule has 1 aromatic heterocycles. The molecule has 0 aromatic carbocycles. The van der Waals surface area contributed by atoms with Crippen LogP contribution in [0, 0.1) is 13.8 Å². The van der Waals surface area contributed by atoms with Gasteiger partial charge in [-0.1, -0.05) is 0 Å². The van der Waals surface area contributed by atoms with E-state index >= 15 is 0 Å². The van der Waals surface area contributed by atoms with Crippen molar-refractivity contribution in [1.29, 1.82) is 0 Å². The van der Waals surface area contributed by atoms with E-state index in [1.807, 2.05) is 27.7 Å². The summed E-state index contributed by atoms with van der Waals surface area (Å²) in [5, 5.41) is 5.19. The highest BCUT2D eigenvalue weighted by Crippen LogP contribution is 2.06. The highest BCUT2D eigenvalue weighted by Gasteiger charge is 2.12. The zero-order valence-electron chi connectivity index (χ0n) is 12.4. The van der Waals surface area contributed by atoms with E-state index in [0.717, 1.165) is 11.3 Å². The third-order valence-electron chi connectivity index (χ3n) is 2.32. The second-order valence-corrected chi connectivity index (χ2v) is 4.37. The molecule has 0 saturated carbocycles. The number of hydrogen-bond donors (Lipinski definition) is 2. The lowest BCUT2D eigenvalue weighted by atomic mass is 10.2. The molecule has 0 aliphatic heterocycles. The van der Waals surface area contributed by atoms with E-state index in [9.17, 15) is 9.59 Å². The van der Waals surface area contributed by atoms with Gasteiger partial charge in [-0.2, -0.15) is 0 Å². The normalized spacial score (nSPS) is 9.42. The average molecular weight is 266 g/mol. The van der Waals surface area contributed by atoms with Crippen LogP contribution in [0.5, 0.6) is 0 Å². The summed E-state index contributed by atoms with van der Waals surface area (Å²) in [5.41, 5.74) is 2.14. The maximum absolute atomic E-state index is 11.6. The Kier molecular flexibility index (Phi) is 7.33. The molecule has 2 amide bonds. The number of nitrogens with zero attached hydrogens (tertiary/aromatic N) is 2. The Morgan fingerprint density at radius 1 is 1.21 bits per heavy atom. The van der Waals surface area contributed by atoms with E-state index in [1.165, 1.54) is 13.3 Å². The SMILES string of the molecule is CNC(C)=O.Cc1ncnc(C(=O)NC(C)C)c1C. The van der Waals surface area contributed by atoms with Crippen LogP contribution in [0.4, 0.5) is 0 Å². The number of nitrogens with one attached hydrogen (secondary N) is 2. The molecule has 0 radical (unpaired) electrons. The molecule has 0 atom stereocenters. The molecule has 0 saturated heterocycles. The number of hydrogen-bond acceptors (Lipinski definition) is 4. The quantitative estimate of drug-likeness (QED) is 0.836. The van der Waals surface area contributed by atoms with Gasteiger partial charge in [0, 0.05) is 31.3 Å². The van der Waals surface area contributed by atoms with Crippen molar-refractivity contribution in [2.24, 2.45) is 0 Å². The lowest BCUT2D eigenvalue weighted by Gasteiger charge is -2.09. The van der Waals surface area contributed by atoms with Crippen molar-refractivity contribution >= 4 is 11.8 Å². The van der Waals surface area contributed by atoms with Gasteiger partial charge in [-0.05, 0) is 27.7 Å². The van der Waals surface area contributed by atoms with Gasteiger partial charge in [0.2, 0.25) is 5.91 Å². The third-order valence-corrected chi connectivity index (χ3v) is 2.32. The fraction of sp³-hybridized carbons (Fsp3) is 0.538. The molecule has 1 rings (SSSR count). The highest BCUT2D eigenvalue weighted by molar-refractivity contribution is 5.93. The molecule has 0 fully saturated rings. The molecule has 0 aliphatic rings. The van der Waals surface area contributed by atoms with Crippen molar-refractivity contribution in [2.75, 3.05) is 7.05 Å². The van der Waals surface area contributed by atoms with Gasteiger partial charge in [-0.3, -0.25) is 9.59 Å². The first-order valence-electron chi connectivity index (χ1n) is 6.07. The maximum Gasteiger partial charge on any atom is 0.270 e. The van der Waals surface area contributed by atoms with Crippen molar-refractivity contribution in [1.82, 2.24) is 20.6 Å². The second-order valence-electron chi connectivity index (χ2n) is 4.37. The van der Waals surface area contributed by atoms with Crippen LogP contribution in [0.1, 0.15) is 42.5 Å². The number of amides is 2. The monoisotopic (exact) mass is 266 g/mol. The van der Waals surface area contributed by atoms with E-state index in [1.54, 1.807) is 7.05 Å². The fourth-order valence-electron chi connectivity index (χ4n) is 1.10. The topological polar surface area (TPSA) is 84.0 Å². The summed E-state index contributed by atoms with van der Waals surface area (Å²) in [5.74, 6) is -0.131. The molecule has 19 heavy (non-hydrogen) atoms. The third kappa shape index (κ3) is 6.49. The van der Waals surface area contributed by atoms with Crippen LogP contribution in [-0.4, -0.2) is 34.9 Å². The van der Waals surface area contributed by atoms with Crippen LogP contribution >= 0.6 is 0 Å². The molecular formula is C13H22N4O2. The first-order chi connectivity index (χ1) is 8.79.